The van der Waals surface area contributed by atoms with Crippen molar-refractivity contribution >= 4 is 29.3 Å². The highest BCUT2D eigenvalue weighted by molar-refractivity contribution is 7.99. The summed E-state index contributed by atoms with van der Waals surface area (Å²) in [4.78, 5) is 23.2. The average Bonchev–Trinajstić information content (AvgIpc) is 2.90. The number of thioether (sulfide) groups is 1. The zero-order valence-electron chi connectivity index (χ0n) is 14.0. The first-order chi connectivity index (χ1) is 11.4. The Bertz CT molecular complexity index is 757. The van der Waals surface area contributed by atoms with Crippen LogP contribution in [0.25, 0.3) is 0 Å². The van der Waals surface area contributed by atoms with Gasteiger partial charge >= 0.3 is 0 Å². The molecule has 0 atom stereocenters. The van der Waals surface area contributed by atoms with Gasteiger partial charge < -0.3 is 15.6 Å². The topological polar surface area (TPSA) is 103 Å². The molecule has 2 rings (SSSR count). The van der Waals surface area contributed by atoms with Crippen LogP contribution in [0.2, 0.25) is 0 Å². The van der Waals surface area contributed by atoms with Crippen LogP contribution in [-0.2, 0) is 22.6 Å². The molecular formula is C16H21N5O2S. The average molecular weight is 347 g/mol. The van der Waals surface area contributed by atoms with Gasteiger partial charge in [0, 0.05) is 12.2 Å². The van der Waals surface area contributed by atoms with E-state index >= 15 is 0 Å². The van der Waals surface area contributed by atoms with Crippen molar-refractivity contribution in [3.8, 4) is 0 Å². The molecule has 24 heavy (non-hydrogen) atoms. The molecule has 0 spiro atoms. The molecular weight excluding hydrogens is 326 g/mol. The molecule has 3 N–H and O–H groups in total. The maximum atomic E-state index is 12.3. The number of rotatable bonds is 7. The SMILES string of the molecule is CCn1c(CC(=O)Nc2cc(C)ccc2C)nnc1SCC(N)=O. The van der Waals surface area contributed by atoms with E-state index in [1.807, 2.05) is 43.5 Å². The fourth-order valence-electron chi connectivity index (χ4n) is 2.22. The minimum Gasteiger partial charge on any atom is -0.369 e. The van der Waals surface area contributed by atoms with Crippen molar-refractivity contribution < 1.29 is 9.59 Å². The van der Waals surface area contributed by atoms with Gasteiger partial charge in [0.1, 0.15) is 5.82 Å². The predicted molar refractivity (Wildman–Crippen MR) is 93.9 cm³/mol. The Morgan fingerprint density at radius 1 is 1.29 bits per heavy atom. The van der Waals surface area contributed by atoms with E-state index in [0.29, 0.717) is 17.5 Å². The van der Waals surface area contributed by atoms with Gasteiger partial charge in [-0.1, -0.05) is 23.9 Å². The number of primary amides is 1. The fraction of sp³-hybridized carbons (Fsp3) is 0.375. The van der Waals surface area contributed by atoms with Crippen LogP contribution in [0, 0.1) is 13.8 Å². The lowest BCUT2D eigenvalue weighted by molar-refractivity contribution is -0.116. The van der Waals surface area contributed by atoms with E-state index in [4.69, 9.17) is 5.73 Å². The summed E-state index contributed by atoms with van der Waals surface area (Å²) in [6.07, 6.45) is 0.116. The normalized spacial score (nSPS) is 10.6. The smallest absolute Gasteiger partial charge is 0.232 e. The zero-order valence-corrected chi connectivity index (χ0v) is 14.8. The van der Waals surface area contributed by atoms with Crippen LogP contribution in [0.5, 0.6) is 0 Å². The van der Waals surface area contributed by atoms with E-state index < -0.39 is 5.91 Å². The number of aromatic nitrogens is 3. The molecule has 0 saturated heterocycles. The number of nitrogens with zero attached hydrogens (tertiary/aromatic N) is 3. The zero-order chi connectivity index (χ0) is 17.7. The molecule has 0 saturated carbocycles. The van der Waals surface area contributed by atoms with Gasteiger partial charge in [0.15, 0.2) is 5.16 Å². The van der Waals surface area contributed by atoms with E-state index in [-0.39, 0.29) is 18.1 Å². The van der Waals surface area contributed by atoms with Gasteiger partial charge in [-0.25, -0.2) is 0 Å². The molecule has 2 aromatic rings. The lowest BCUT2D eigenvalue weighted by Gasteiger charge is -2.10. The number of nitrogens with two attached hydrogens (primary N) is 1. The second-order valence-corrected chi connectivity index (χ2v) is 6.38. The van der Waals surface area contributed by atoms with Gasteiger partial charge in [-0.05, 0) is 38.0 Å². The number of aryl methyl sites for hydroxylation is 2. The summed E-state index contributed by atoms with van der Waals surface area (Å²) in [5.41, 5.74) is 8.03. The van der Waals surface area contributed by atoms with Crippen LogP contribution in [0.3, 0.4) is 0 Å². The number of carbonyl (C=O) groups excluding carboxylic acids is 2. The van der Waals surface area contributed by atoms with E-state index in [1.54, 1.807) is 0 Å². The van der Waals surface area contributed by atoms with Gasteiger partial charge in [0.2, 0.25) is 11.8 Å². The summed E-state index contributed by atoms with van der Waals surface area (Å²) < 4.78 is 1.82. The molecule has 7 nitrogen and oxygen atoms in total. The standard InChI is InChI=1S/C16H21N5O2S/c1-4-21-14(19-20-16(21)24-9-13(17)22)8-15(23)18-12-7-10(2)5-6-11(12)3/h5-7H,4,8-9H2,1-3H3,(H2,17,22)(H,18,23). The molecule has 1 heterocycles. The first kappa shape index (κ1) is 18.0. The Kier molecular flexibility index (Phi) is 5.97. The van der Waals surface area contributed by atoms with Crippen LogP contribution in [0.4, 0.5) is 5.69 Å². The highest BCUT2D eigenvalue weighted by Crippen LogP contribution is 2.19. The van der Waals surface area contributed by atoms with Crippen LogP contribution >= 0.6 is 11.8 Å². The minimum atomic E-state index is -0.417. The Hall–Kier alpha value is -2.35. The first-order valence-corrected chi connectivity index (χ1v) is 8.59. The molecule has 128 valence electrons. The maximum absolute atomic E-state index is 12.3. The van der Waals surface area contributed by atoms with Gasteiger partial charge in [-0.3, -0.25) is 9.59 Å². The molecule has 8 heteroatoms. The summed E-state index contributed by atoms with van der Waals surface area (Å²) in [6.45, 7) is 6.47. The summed E-state index contributed by atoms with van der Waals surface area (Å²) in [5, 5.41) is 11.6. The number of carbonyl (C=O) groups is 2. The summed E-state index contributed by atoms with van der Waals surface area (Å²) in [6, 6.07) is 5.91. The summed E-state index contributed by atoms with van der Waals surface area (Å²) in [7, 11) is 0. The van der Waals surface area contributed by atoms with Crippen molar-refractivity contribution in [3.63, 3.8) is 0 Å². The third kappa shape index (κ3) is 4.58. The monoisotopic (exact) mass is 347 g/mol. The van der Waals surface area contributed by atoms with Crippen molar-refractivity contribution in [1.29, 1.82) is 0 Å². The third-order valence-electron chi connectivity index (χ3n) is 3.44. The van der Waals surface area contributed by atoms with Crippen molar-refractivity contribution in [1.82, 2.24) is 14.8 Å². The Labute approximate surface area is 145 Å². The van der Waals surface area contributed by atoms with E-state index in [0.717, 1.165) is 16.8 Å². The van der Waals surface area contributed by atoms with Crippen LogP contribution in [-0.4, -0.2) is 32.3 Å². The van der Waals surface area contributed by atoms with E-state index in [9.17, 15) is 9.59 Å². The second-order valence-electron chi connectivity index (χ2n) is 5.44. The van der Waals surface area contributed by atoms with Gasteiger partial charge in [-0.15, -0.1) is 10.2 Å². The predicted octanol–water partition coefficient (Wildman–Crippen LogP) is 1.67. The highest BCUT2D eigenvalue weighted by atomic mass is 32.2. The second kappa shape index (κ2) is 7.96. The lowest BCUT2D eigenvalue weighted by Crippen LogP contribution is -2.18. The van der Waals surface area contributed by atoms with Crippen molar-refractivity contribution in [3.05, 3.63) is 35.2 Å². The molecule has 0 aliphatic heterocycles. The minimum absolute atomic E-state index is 0.116. The molecule has 0 aliphatic rings. The number of nitrogens with one attached hydrogen (secondary N) is 1. The summed E-state index contributed by atoms with van der Waals surface area (Å²) in [5.74, 6) is 0.122. The van der Waals surface area contributed by atoms with Crippen LogP contribution < -0.4 is 11.1 Å². The number of hydrogen-bond donors (Lipinski definition) is 2. The lowest BCUT2D eigenvalue weighted by atomic mass is 10.1. The van der Waals surface area contributed by atoms with Crippen molar-refractivity contribution in [2.75, 3.05) is 11.1 Å². The van der Waals surface area contributed by atoms with Crippen molar-refractivity contribution in [2.45, 2.75) is 38.9 Å². The quantitative estimate of drug-likeness (QED) is 0.742. The number of anilines is 1. The molecule has 0 bridgehead atoms. The Balaban J connectivity index is 2.08. The van der Waals surface area contributed by atoms with Gasteiger partial charge in [0.05, 0.1) is 12.2 Å². The van der Waals surface area contributed by atoms with E-state index in [1.165, 1.54) is 11.8 Å². The van der Waals surface area contributed by atoms with Crippen molar-refractivity contribution in [2.24, 2.45) is 5.73 Å². The van der Waals surface area contributed by atoms with E-state index in [2.05, 4.69) is 15.5 Å². The Morgan fingerprint density at radius 3 is 2.71 bits per heavy atom. The Morgan fingerprint density at radius 2 is 2.04 bits per heavy atom. The van der Waals surface area contributed by atoms with Gasteiger partial charge in [-0.2, -0.15) is 0 Å². The highest BCUT2D eigenvalue weighted by Gasteiger charge is 2.16. The molecule has 1 aromatic heterocycles. The van der Waals surface area contributed by atoms with Crippen LogP contribution in [0.1, 0.15) is 23.9 Å². The largest absolute Gasteiger partial charge is 0.369 e. The molecule has 2 amide bonds. The van der Waals surface area contributed by atoms with Crippen LogP contribution in [0.15, 0.2) is 23.4 Å². The number of amides is 2. The molecule has 0 aliphatic carbocycles. The fourth-order valence-corrected chi connectivity index (χ4v) is 2.98. The number of hydrogen-bond acceptors (Lipinski definition) is 5. The molecule has 0 unspecified atom stereocenters. The van der Waals surface area contributed by atoms with Gasteiger partial charge in [0.25, 0.3) is 0 Å². The first-order valence-electron chi connectivity index (χ1n) is 7.61. The number of benzene rings is 1. The maximum Gasteiger partial charge on any atom is 0.232 e. The summed E-state index contributed by atoms with van der Waals surface area (Å²) >= 11 is 1.22. The molecule has 0 fully saturated rings. The molecule has 1 aromatic carbocycles. The molecule has 0 radical (unpaired) electrons. The third-order valence-corrected chi connectivity index (χ3v) is 4.43.